The summed E-state index contributed by atoms with van der Waals surface area (Å²) in [4.78, 5) is 0. The lowest BCUT2D eigenvalue weighted by atomic mass is 10.2. The first-order valence-corrected chi connectivity index (χ1v) is 3.99. The van der Waals surface area contributed by atoms with Crippen LogP contribution in [0.4, 0.5) is 0 Å². The third kappa shape index (κ3) is 2.52. The SMILES string of the molecule is Cc1ccc(CC(=N)CO)[n+]([O-])c1. The molecule has 70 valence electrons. The first-order chi connectivity index (χ1) is 6.13. The summed E-state index contributed by atoms with van der Waals surface area (Å²) in [6.07, 6.45) is 1.67. The molecule has 0 aliphatic rings. The highest BCUT2D eigenvalue weighted by Gasteiger charge is 2.07. The second-order valence-corrected chi connectivity index (χ2v) is 2.96. The monoisotopic (exact) mass is 180 g/mol. The third-order valence-corrected chi connectivity index (χ3v) is 1.73. The maximum atomic E-state index is 11.2. The van der Waals surface area contributed by atoms with E-state index in [1.807, 2.05) is 13.0 Å². The molecule has 1 aromatic heterocycles. The van der Waals surface area contributed by atoms with Crippen LogP contribution in [0, 0.1) is 17.5 Å². The van der Waals surface area contributed by atoms with E-state index >= 15 is 0 Å². The zero-order chi connectivity index (χ0) is 9.84. The number of pyridine rings is 1. The Labute approximate surface area is 76.5 Å². The van der Waals surface area contributed by atoms with Gasteiger partial charge in [0.2, 0.25) is 0 Å². The summed E-state index contributed by atoms with van der Waals surface area (Å²) < 4.78 is 0.736. The van der Waals surface area contributed by atoms with Gasteiger partial charge in [-0.2, -0.15) is 4.73 Å². The van der Waals surface area contributed by atoms with Crippen molar-refractivity contribution in [3.05, 3.63) is 34.8 Å². The molecule has 0 unspecified atom stereocenters. The highest BCUT2D eigenvalue weighted by atomic mass is 16.5. The topological polar surface area (TPSA) is 71.0 Å². The van der Waals surface area contributed by atoms with Gasteiger partial charge in [-0.1, -0.05) is 0 Å². The van der Waals surface area contributed by atoms with Crippen molar-refractivity contribution in [1.82, 2.24) is 0 Å². The summed E-state index contributed by atoms with van der Waals surface area (Å²) in [5.74, 6) is 0. The van der Waals surface area contributed by atoms with Crippen LogP contribution in [0.3, 0.4) is 0 Å². The van der Waals surface area contributed by atoms with E-state index < -0.39 is 0 Å². The lowest BCUT2D eigenvalue weighted by Crippen LogP contribution is -2.33. The minimum absolute atomic E-state index is 0.147. The van der Waals surface area contributed by atoms with E-state index in [1.54, 1.807) is 6.07 Å². The lowest BCUT2D eigenvalue weighted by Gasteiger charge is -2.04. The van der Waals surface area contributed by atoms with Crippen molar-refractivity contribution in [2.24, 2.45) is 0 Å². The second-order valence-electron chi connectivity index (χ2n) is 2.96. The average molecular weight is 180 g/mol. The van der Waals surface area contributed by atoms with E-state index in [0.29, 0.717) is 5.69 Å². The Morgan fingerprint density at radius 3 is 2.85 bits per heavy atom. The van der Waals surface area contributed by atoms with Gasteiger partial charge in [-0.15, -0.1) is 0 Å². The van der Waals surface area contributed by atoms with Crippen molar-refractivity contribution in [3.8, 4) is 0 Å². The predicted octanol–water partition coefficient (Wildman–Crippen LogP) is 0.183. The number of nitrogens with zero attached hydrogens (tertiary/aromatic N) is 1. The largest absolute Gasteiger partial charge is 0.618 e. The van der Waals surface area contributed by atoms with Crippen LogP contribution in [0.1, 0.15) is 11.3 Å². The number of nitrogens with one attached hydrogen (secondary N) is 1. The van der Waals surface area contributed by atoms with Crippen LogP contribution in [0.15, 0.2) is 18.3 Å². The molecule has 2 N–H and O–H groups in total. The molecule has 0 aliphatic heterocycles. The summed E-state index contributed by atoms with van der Waals surface area (Å²) in [7, 11) is 0. The molecular formula is C9H12N2O2. The van der Waals surface area contributed by atoms with Crippen LogP contribution in [-0.2, 0) is 6.42 Å². The number of rotatable bonds is 3. The predicted molar refractivity (Wildman–Crippen MR) is 48.7 cm³/mol. The second kappa shape index (κ2) is 4.00. The molecule has 1 heterocycles. The van der Waals surface area contributed by atoms with E-state index in [9.17, 15) is 5.21 Å². The maximum Gasteiger partial charge on any atom is 0.198 e. The fourth-order valence-electron chi connectivity index (χ4n) is 1.02. The summed E-state index contributed by atoms with van der Waals surface area (Å²) in [5.41, 5.74) is 1.52. The molecule has 0 amide bonds. The molecular weight excluding hydrogens is 168 g/mol. The fourth-order valence-corrected chi connectivity index (χ4v) is 1.02. The molecule has 13 heavy (non-hydrogen) atoms. The number of aryl methyl sites for hydroxylation is 1. The highest BCUT2D eigenvalue weighted by Crippen LogP contribution is 1.97. The van der Waals surface area contributed by atoms with Crippen molar-refractivity contribution in [2.45, 2.75) is 13.3 Å². The summed E-state index contributed by atoms with van der Waals surface area (Å²) >= 11 is 0. The molecule has 0 aliphatic carbocycles. The first kappa shape index (κ1) is 9.67. The van der Waals surface area contributed by atoms with E-state index in [2.05, 4.69) is 0 Å². The number of aliphatic hydroxyl groups is 1. The molecule has 0 saturated heterocycles. The van der Waals surface area contributed by atoms with Crippen molar-refractivity contribution in [1.29, 1.82) is 5.41 Å². The van der Waals surface area contributed by atoms with Crippen LogP contribution < -0.4 is 4.73 Å². The number of hydrogen-bond donors (Lipinski definition) is 2. The Morgan fingerprint density at radius 1 is 1.62 bits per heavy atom. The average Bonchev–Trinajstić information content (AvgIpc) is 2.09. The van der Waals surface area contributed by atoms with Crippen LogP contribution in [0.25, 0.3) is 0 Å². The molecule has 0 bridgehead atoms. The Morgan fingerprint density at radius 2 is 2.31 bits per heavy atom. The summed E-state index contributed by atoms with van der Waals surface area (Å²) in [5, 5.41) is 27.1. The molecule has 0 spiro atoms. The molecule has 1 aromatic rings. The van der Waals surface area contributed by atoms with E-state index in [0.717, 1.165) is 10.3 Å². The van der Waals surface area contributed by atoms with Gasteiger partial charge >= 0.3 is 0 Å². The highest BCUT2D eigenvalue weighted by molar-refractivity contribution is 5.83. The zero-order valence-corrected chi connectivity index (χ0v) is 7.45. The van der Waals surface area contributed by atoms with E-state index in [4.69, 9.17) is 10.5 Å². The van der Waals surface area contributed by atoms with Crippen LogP contribution in [0.5, 0.6) is 0 Å². The third-order valence-electron chi connectivity index (χ3n) is 1.73. The molecule has 0 radical (unpaired) electrons. The Kier molecular flexibility index (Phi) is 2.97. The molecule has 4 heteroatoms. The molecule has 0 fully saturated rings. The Balaban J connectivity index is 2.83. The van der Waals surface area contributed by atoms with Crippen LogP contribution in [-0.4, -0.2) is 17.4 Å². The minimum Gasteiger partial charge on any atom is -0.618 e. The van der Waals surface area contributed by atoms with Crippen molar-refractivity contribution < 1.29 is 9.84 Å². The normalized spacial score (nSPS) is 10.0. The number of aromatic nitrogens is 1. The van der Waals surface area contributed by atoms with Crippen molar-refractivity contribution in [3.63, 3.8) is 0 Å². The summed E-state index contributed by atoms with van der Waals surface area (Å²) in [6.45, 7) is 1.53. The van der Waals surface area contributed by atoms with Gasteiger partial charge in [0.15, 0.2) is 11.9 Å². The van der Waals surface area contributed by atoms with Crippen molar-refractivity contribution >= 4 is 5.71 Å². The van der Waals surface area contributed by atoms with Gasteiger partial charge in [0.25, 0.3) is 0 Å². The van der Waals surface area contributed by atoms with Gasteiger partial charge in [0.1, 0.15) is 0 Å². The number of hydrogen-bond acceptors (Lipinski definition) is 3. The van der Waals surface area contributed by atoms with Gasteiger partial charge in [0.05, 0.1) is 13.0 Å². The molecule has 4 nitrogen and oxygen atoms in total. The Bertz CT molecular complexity index is 323. The molecule has 1 rings (SSSR count). The van der Waals surface area contributed by atoms with Gasteiger partial charge in [-0.05, 0) is 13.0 Å². The van der Waals surface area contributed by atoms with Crippen LogP contribution >= 0.6 is 0 Å². The van der Waals surface area contributed by atoms with Gasteiger partial charge in [-0.25, -0.2) is 0 Å². The quantitative estimate of drug-likeness (QED) is 0.396. The fraction of sp³-hybridized carbons (Fsp3) is 0.333. The molecule has 0 atom stereocenters. The van der Waals surface area contributed by atoms with Gasteiger partial charge in [-0.3, -0.25) is 0 Å². The summed E-state index contributed by atoms with van der Waals surface area (Å²) in [6, 6.07) is 3.49. The maximum absolute atomic E-state index is 11.2. The standard InChI is InChI=1S/C9H12N2O2/c1-7-2-3-9(11(13)5-7)4-8(10)6-12/h2-3,5,10,12H,4,6H2,1H3. The zero-order valence-electron chi connectivity index (χ0n) is 7.45. The van der Waals surface area contributed by atoms with Gasteiger partial charge < -0.3 is 15.7 Å². The molecule has 0 aromatic carbocycles. The minimum atomic E-state index is -0.298. The number of aliphatic hydroxyl groups excluding tert-OH is 1. The smallest absolute Gasteiger partial charge is 0.198 e. The van der Waals surface area contributed by atoms with E-state index in [1.165, 1.54) is 6.20 Å². The van der Waals surface area contributed by atoms with Crippen LogP contribution in [0.2, 0.25) is 0 Å². The van der Waals surface area contributed by atoms with E-state index in [-0.39, 0.29) is 18.7 Å². The lowest BCUT2D eigenvalue weighted by molar-refractivity contribution is -0.613. The van der Waals surface area contributed by atoms with Gasteiger partial charge in [0, 0.05) is 17.3 Å². The Hall–Kier alpha value is -1.42. The van der Waals surface area contributed by atoms with Crippen molar-refractivity contribution in [2.75, 3.05) is 6.61 Å². The molecule has 0 saturated carbocycles. The first-order valence-electron chi connectivity index (χ1n) is 3.99.